The topological polar surface area (TPSA) is 38.7 Å². The van der Waals surface area contributed by atoms with Crippen molar-refractivity contribution in [3.8, 4) is 0 Å². The van der Waals surface area contributed by atoms with Crippen LogP contribution >= 0.6 is 0 Å². The molecule has 1 aromatic carbocycles. The standard InChI is InChI=1S/C16H24O3/c1-4-16(5-2)12(3)14(15(17)19-16)18-11-13-9-7-6-8-10-13/h6-10,12,14-15,17H,4-5,11H2,1-3H3/t12-,14+,15?/m0/s1. The van der Waals surface area contributed by atoms with Crippen molar-refractivity contribution >= 4 is 0 Å². The van der Waals surface area contributed by atoms with Gasteiger partial charge in [-0.3, -0.25) is 0 Å². The maximum absolute atomic E-state index is 10.1. The van der Waals surface area contributed by atoms with Crippen molar-refractivity contribution in [3.63, 3.8) is 0 Å². The van der Waals surface area contributed by atoms with E-state index < -0.39 is 6.29 Å². The van der Waals surface area contributed by atoms with Gasteiger partial charge in [0.15, 0.2) is 6.29 Å². The largest absolute Gasteiger partial charge is 0.368 e. The number of benzene rings is 1. The van der Waals surface area contributed by atoms with E-state index in [0.29, 0.717) is 6.61 Å². The van der Waals surface area contributed by atoms with Gasteiger partial charge in [-0.15, -0.1) is 0 Å². The molecule has 1 aliphatic rings. The van der Waals surface area contributed by atoms with Crippen LogP contribution in [-0.4, -0.2) is 23.1 Å². The molecular weight excluding hydrogens is 240 g/mol. The normalized spacial score (nSPS) is 29.6. The molecule has 1 aromatic rings. The second-order valence-corrected chi connectivity index (χ2v) is 5.33. The van der Waals surface area contributed by atoms with Crippen LogP contribution in [0.1, 0.15) is 39.2 Å². The molecule has 106 valence electrons. The summed E-state index contributed by atoms with van der Waals surface area (Å²) in [5.74, 6) is 0.196. The third kappa shape index (κ3) is 2.83. The first-order chi connectivity index (χ1) is 9.13. The van der Waals surface area contributed by atoms with Crippen LogP contribution in [0.2, 0.25) is 0 Å². The lowest BCUT2D eigenvalue weighted by Gasteiger charge is -2.30. The molecule has 1 saturated heterocycles. The van der Waals surface area contributed by atoms with Crippen molar-refractivity contribution in [2.45, 2.75) is 58.2 Å². The Hall–Kier alpha value is -0.900. The van der Waals surface area contributed by atoms with Crippen LogP contribution < -0.4 is 0 Å². The van der Waals surface area contributed by atoms with E-state index in [-0.39, 0.29) is 17.6 Å². The van der Waals surface area contributed by atoms with Gasteiger partial charge in [0.25, 0.3) is 0 Å². The van der Waals surface area contributed by atoms with E-state index in [9.17, 15) is 5.11 Å². The summed E-state index contributed by atoms with van der Waals surface area (Å²) < 4.78 is 11.7. The average molecular weight is 264 g/mol. The van der Waals surface area contributed by atoms with E-state index in [0.717, 1.165) is 18.4 Å². The number of rotatable bonds is 5. The minimum Gasteiger partial charge on any atom is -0.368 e. The van der Waals surface area contributed by atoms with Crippen LogP contribution in [0.3, 0.4) is 0 Å². The Bertz CT molecular complexity index is 386. The SMILES string of the molecule is CCC1(CC)OC(O)[C@H](OCc2ccccc2)[C@@H]1C. The molecule has 0 aliphatic carbocycles. The highest BCUT2D eigenvalue weighted by molar-refractivity contribution is 5.13. The van der Waals surface area contributed by atoms with Crippen molar-refractivity contribution in [1.82, 2.24) is 0 Å². The first kappa shape index (κ1) is 14.5. The Morgan fingerprint density at radius 3 is 2.37 bits per heavy atom. The number of hydrogen-bond acceptors (Lipinski definition) is 3. The van der Waals surface area contributed by atoms with E-state index in [1.54, 1.807) is 0 Å². The first-order valence-electron chi connectivity index (χ1n) is 7.14. The lowest BCUT2D eigenvalue weighted by atomic mass is 9.83. The summed E-state index contributed by atoms with van der Waals surface area (Å²) in [4.78, 5) is 0. The van der Waals surface area contributed by atoms with E-state index >= 15 is 0 Å². The Morgan fingerprint density at radius 1 is 1.21 bits per heavy atom. The fraction of sp³-hybridized carbons (Fsp3) is 0.625. The van der Waals surface area contributed by atoms with Crippen molar-refractivity contribution in [1.29, 1.82) is 0 Å². The molecule has 2 rings (SSSR count). The van der Waals surface area contributed by atoms with Gasteiger partial charge in [0.2, 0.25) is 0 Å². The summed E-state index contributed by atoms with van der Waals surface area (Å²) >= 11 is 0. The molecule has 0 radical (unpaired) electrons. The molecule has 3 atom stereocenters. The van der Waals surface area contributed by atoms with Gasteiger partial charge in [0.05, 0.1) is 12.2 Å². The van der Waals surface area contributed by atoms with Crippen LogP contribution in [-0.2, 0) is 16.1 Å². The number of aliphatic hydroxyl groups is 1. The van der Waals surface area contributed by atoms with Gasteiger partial charge in [0, 0.05) is 5.92 Å². The predicted octanol–water partition coefficient (Wildman–Crippen LogP) is 3.12. The van der Waals surface area contributed by atoms with Crippen LogP contribution in [0.4, 0.5) is 0 Å². The molecule has 0 spiro atoms. The summed E-state index contributed by atoms with van der Waals surface area (Å²) in [6.45, 7) is 6.83. The van der Waals surface area contributed by atoms with E-state index in [1.165, 1.54) is 0 Å². The summed E-state index contributed by atoms with van der Waals surface area (Å²) in [5, 5.41) is 10.1. The highest BCUT2D eigenvalue weighted by atomic mass is 16.7. The highest BCUT2D eigenvalue weighted by Gasteiger charge is 2.50. The van der Waals surface area contributed by atoms with E-state index in [1.807, 2.05) is 30.3 Å². The van der Waals surface area contributed by atoms with Crippen LogP contribution in [0.25, 0.3) is 0 Å². The Labute approximate surface area is 115 Å². The monoisotopic (exact) mass is 264 g/mol. The van der Waals surface area contributed by atoms with Crippen molar-refractivity contribution in [3.05, 3.63) is 35.9 Å². The maximum Gasteiger partial charge on any atom is 0.182 e. The molecule has 3 heteroatoms. The van der Waals surface area contributed by atoms with Gasteiger partial charge in [-0.2, -0.15) is 0 Å². The minimum atomic E-state index is -0.821. The van der Waals surface area contributed by atoms with Gasteiger partial charge in [-0.05, 0) is 18.4 Å². The zero-order chi connectivity index (χ0) is 13.9. The average Bonchev–Trinajstić information content (AvgIpc) is 2.69. The third-order valence-corrected chi connectivity index (χ3v) is 4.44. The number of hydrogen-bond donors (Lipinski definition) is 1. The summed E-state index contributed by atoms with van der Waals surface area (Å²) in [7, 11) is 0. The third-order valence-electron chi connectivity index (χ3n) is 4.44. The molecule has 1 heterocycles. The van der Waals surface area contributed by atoms with E-state index in [4.69, 9.17) is 9.47 Å². The van der Waals surface area contributed by atoms with Gasteiger partial charge < -0.3 is 14.6 Å². The second kappa shape index (κ2) is 6.04. The summed E-state index contributed by atoms with van der Waals surface area (Å²) in [6, 6.07) is 10.0. The maximum atomic E-state index is 10.1. The molecule has 1 fully saturated rings. The first-order valence-corrected chi connectivity index (χ1v) is 7.14. The predicted molar refractivity (Wildman–Crippen MR) is 74.6 cm³/mol. The smallest absolute Gasteiger partial charge is 0.182 e. The number of ether oxygens (including phenoxy) is 2. The molecule has 0 bridgehead atoms. The van der Waals surface area contributed by atoms with Gasteiger partial charge in [-0.25, -0.2) is 0 Å². The molecule has 1 unspecified atom stereocenters. The number of aliphatic hydroxyl groups excluding tert-OH is 1. The molecule has 1 N–H and O–H groups in total. The van der Waals surface area contributed by atoms with Gasteiger partial charge >= 0.3 is 0 Å². The highest BCUT2D eigenvalue weighted by Crippen LogP contribution is 2.41. The van der Waals surface area contributed by atoms with Crippen molar-refractivity contribution in [2.24, 2.45) is 5.92 Å². The Kier molecular flexibility index (Phi) is 4.61. The van der Waals surface area contributed by atoms with Crippen LogP contribution in [0.5, 0.6) is 0 Å². The molecule has 1 aliphatic heterocycles. The molecule has 0 amide bonds. The van der Waals surface area contributed by atoms with Crippen molar-refractivity contribution < 1.29 is 14.6 Å². The van der Waals surface area contributed by atoms with Crippen molar-refractivity contribution in [2.75, 3.05) is 0 Å². The Balaban J connectivity index is 2.01. The molecular formula is C16H24O3. The van der Waals surface area contributed by atoms with Gasteiger partial charge in [-0.1, -0.05) is 51.1 Å². The lowest BCUT2D eigenvalue weighted by Crippen LogP contribution is -2.36. The zero-order valence-corrected chi connectivity index (χ0v) is 12.0. The minimum absolute atomic E-state index is 0.196. The van der Waals surface area contributed by atoms with Crippen LogP contribution in [0, 0.1) is 5.92 Å². The van der Waals surface area contributed by atoms with E-state index in [2.05, 4.69) is 20.8 Å². The van der Waals surface area contributed by atoms with Gasteiger partial charge in [0.1, 0.15) is 6.10 Å². The lowest BCUT2D eigenvalue weighted by molar-refractivity contribution is -0.171. The fourth-order valence-corrected chi connectivity index (χ4v) is 3.02. The second-order valence-electron chi connectivity index (χ2n) is 5.33. The quantitative estimate of drug-likeness (QED) is 0.888. The zero-order valence-electron chi connectivity index (χ0n) is 12.0. The molecule has 3 nitrogen and oxygen atoms in total. The molecule has 0 saturated carbocycles. The summed E-state index contributed by atoms with van der Waals surface area (Å²) in [6.07, 6.45) is 0.721. The molecule has 19 heavy (non-hydrogen) atoms. The summed E-state index contributed by atoms with van der Waals surface area (Å²) in [5.41, 5.74) is 0.869. The van der Waals surface area contributed by atoms with Crippen LogP contribution in [0.15, 0.2) is 30.3 Å². The molecule has 0 aromatic heterocycles. The fourth-order valence-electron chi connectivity index (χ4n) is 3.02. The Morgan fingerprint density at radius 2 is 1.84 bits per heavy atom.